The van der Waals surface area contributed by atoms with Gasteiger partial charge in [-0.3, -0.25) is 9.59 Å². The van der Waals surface area contributed by atoms with Crippen LogP contribution in [0.4, 0.5) is 0 Å². The van der Waals surface area contributed by atoms with Crippen molar-refractivity contribution in [2.24, 2.45) is 34.5 Å². The lowest BCUT2D eigenvalue weighted by Gasteiger charge is -2.61. The molecule has 1 unspecified atom stereocenters. The van der Waals surface area contributed by atoms with E-state index in [1.54, 1.807) is 6.08 Å². The van der Waals surface area contributed by atoms with Crippen molar-refractivity contribution in [1.82, 2.24) is 0 Å². The lowest BCUT2D eigenvalue weighted by atomic mass is 9.44. The van der Waals surface area contributed by atoms with Gasteiger partial charge in [-0.05, 0) is 67.3 Å². The minimum atomic E-state index is -1.55. The van der Waals surface area contributed by atoms with Crippen molar-refractivity contribution >= 4 is 11.6 Å². The fraction of sp³-hybridized carbons (Fsp3) is 0.810. The second-order valence-corrected chi connectivity index (χ2v) is 9.61. The van der Waals surface area contributed by atoms with Gasteiger partial charge in [0.1, 0.15) is 12.2 Å². The van der Waals surface area contributed by atoms with Gasteiger partial charge < -0.3 is 15.3 Å². The molecule has 4 rings (SSSR count). The Kier molecular flexibility index (Phi) is 4.04. The van der Waals surface area contributed by atoms with Gasteiger partial charge in [0.2, 0.25) is 0 Å². The average Bonchev–Trinajstić information content (AvgIpc) is 2.86. The van der Waals surface area contributed by atoms with Gasteiger partial charge in [0.25, 0.3) is 0 Å². The zero-order chi connectivity index (χ0) is 18.9. The molecule has 5 heteroatoms. The van der Waals surface area contributed by atoms with Gasteiger partial charge in [-0.15, -0.1) is 0 Å². The van der Waals surface area contributed by atoms with Crippen LogP contribution in [0.3, 0.4) is 0 Å². The largest absolute Gasteiger partial charge is 0.393 e. The zero-order valence-corrected chi connectivity index (χ0v) is 15.6. The highest BCUT2D eigenvalue weighted by Crippen LogP contribution is 2.67. The standard InChI is InChI=1S/C21H30O5/c1-19-7-5-13(23)9-12(19)3-4-14-15-6-8-21(26,17(25)11-22)20(15,2)10-16(24)18(14)19/h5,7,12,14-16,18,22,24,26H,3-4,6,8-11H2,1-2H3/t12?,14-,15-,16-,18+,19-,20-,21-/m0/s1. The third-order valence-corrected chi connectivity index (χ3v) is 8.73. The van der Waals surface area contributed by atoms with Crippen LogP contribution in [0.5, 0.6) is 0 Å². The molecule has 4 aliphatic rings. The smallest absolute Gasteiger partial charge is 0.190 e. The molecule has 0 aromatic carbocycles. The molecule has 4 aliphatic carbocycles. The van der Waals surface area contributed by atoms with Gasteiger partial charge in [0.05, 0.1) is 6.10 Å². The minimum absolute atomic E-state index is 0.0512. The predicted molar refractivity (Wildman–Crippen MR) is 95.1 cm³/mol. The van der Waals surface area contributed by atoms with Crippen molar-refractivity contribution in [2.75, 3.05) is 6.61 Å². The Balaban J connectivity index is 1.73. The highest BCUT2D eigenvalue weighted by molar-refractivity contribution is 5.91. The van der Waals surface area contributed by atoms with E-state index in [0.717, 1.165) is 19.3 Å². The minimum Gasteiger partial charge on any atom is -0.393 e. The number of carbonyl (C=O) groups is 2. The van der Waals surface area contributed by atoms with Crippen LogP contribution in [0.15, 0.2) is 12.2 Å². The summed E-state index contributed by atoms with van der Waals surface area (Å²) in [5, 5.41) is 31.7. The number of allylic oxidation sites excluding steroid dienone is 2. The van der Waals surface area contributed by atoms with Gasteiger partial charge in [-0.25, -0.2) is 0 Å². The highest BCUT2D eigenvalue weighted by atomic mass is 16.3. The normalized spacial score (nSPS) is 53.0. The molecule has 0 bridgehead atoms. The number of fused-ring (bicyclic) bond motifs is 5. The molecule has 3 N–H and O–H groups in total. The number of Topliss-reactive ketones (excluding diaryl/α,β-unsaturated/α-hetero) is 1. The highest BCUT2D eigenvalue weighted by Gasteiger charge is 2.68. The number of rotatable bonds is 2. The van der Waals surface area contributed by atoms with Crippen LogP contribution >= 0.6 is 0 Å². The Bertz CT molecular complexity index is 671. The van der Waals surface area contributed by atoms with Gasteiger partial charge >= 0.3 is 0 Å². The molecule has 3 fully saturated rings. The van der Waals surface area contributed by atoms with Crippen molar-refractivity contribution < 1.29 is 24.9 Å². The quantitative estimate of drug-likeness (QED) is 0.694. The topological polar surface area (TPSA) is 94.8 Å². The second-order valence-electron chi connectivity index (χ2n) is 9.61. The summed E-state index contributed by atoms with van der Waals surface area (Å²) in [5.74, 6) is 0.347. The molecular weight excluding hydrogens is 332 g/mol. The summed E-state index contributed by atoms with van der Waals surface area (Å²) < 4.78 is 0. The average molecular weight is 362 g/mol. The van der Waals surface area contributed by atoms with E-state index >= 15 is 0 Å². The Morgan fingerprint density at radius 2 is 2.00 bits per heavy atom. The van der Waals surface area contributed by atoms with Gasteiger partial charge in [-0.1, -0.05) is 19.9 Å². The van der Waals surface area contributed by atoms with Gasteiger partial charge in [0, 0.05) is 11.8 Å². The first-order valence-corrected chi connectivity index (χ1v) is 9.94. The first-order valence-electron chi connectivity index (χ1n) is 9.94. The maximum atomic E-state index is 12.4. The van der Waals surface area contributed by atoms with Crippen molar-refractivity contribution in [3.8, 4) is 0 Å². The molecule has 0 aromatic heterocycles. The van der Waals surface area contributed by atoms with E-state index in [2.05, 4.69) is 6.92 Å². The summed E-state index contributed by atoms with van der Waals surface area (Å²) in [6.07, 6.45) is 6.97. The van der Waals surface area contributed by atoms with Crippen LogP contribution in [0, 0.1) is 34.5 Å². The molecule has 0 aliphatic heterocycles. The van der Waals surface area contributed by atoms with Crippen LogP contribution in [-0.4, -0.2) is 45.2 Å². The molecule has 144 valence electrons. The molecule has 0 heterocycles. The van der Waals surface area contributed by atoms with E-state index in [4.69, 9.17) is 0 Å². The van der Waals surface area contributed by atoms with Crippen molar-refractivity contribution in [3.63, 3.8) is 0 Å². The summed E-state index contributed by atoms with van der Waals surface area (Å²) in [6.45, 7) is 3.43. The molecule has 0 amide bonds. The fourth-order valence-electron chi connectivity index (χ4n) is 7.35. The molecule has 0 aromatic rings. The second kappa shape index (κ2) is 5.73. The molecule has 0 saturated heterocycles. The summed E-state index contributed by atoms with van der Waals surface area (Å²) in [7, 11) is 0. The molecular formula is C21H30O5. The Hall–Kier alpha value is -1.04. The third kappa shape index (κ3) is 2.14. The van der Waals surface area contributed by atoms with Crippen LogP contribution in [0.2, 0.25) is 0 Å². The number of carbonyl (C=O) groups excluding carboxylic acids is 2. The summed E-state index contributed by atoms with van der Waals surface area (Å²) in [6, 6.07) is 0. The number of hydrogen-bond acceptors (Lipinski definition) is 5. The van der Waals surface area contributed by atoms with Crippen LogP contribution < -0.4 is 0 Å². The molecule has 0 spiro atoms. The van der Waals surface area contributed by atoms with E-state index < -0.39 is 29.5 Å². The molecule has 0 radical (unpaired) electrons. The number of ketones is 2. The zero-order valence-electron chi connectivity index (χ0n) is 15.6. The number of aliphatic hydroxyl groups excluding tert-OH is 2. The lowest BCUT2D eigenvalue weighted by Crippen LogP contribution is -2.62. The van der Waals surface area contributed by atoms with Crippen molar-refractivity contribution in [2.45, 2.75) is 64.1 Å². The Morgan fingerprint density at radius 1 is 1.27 bits per heavy atom. The van der Waals surface area contributed by atoms with Crippen molar-refractivity contribution in [3.05, 3.63) is 12.2 Å². The fourth-order valence-corrected chi connectivity index (χ4v) is 7.35. The van der Waals surface area contributed by atoms with Crippen LogP contribution in [0.1, 0.15) is 52.4 Å². The number of hydrogen-bond donors (Lipinski definition) is 3. The molecule has 26 heavy (non-hydrogen) atoms. The summed E-state index contributed by atoms with van der Waals surface area (Å²) in [5.41, 5.74) is -2.46. The van der Waals surface area contributed by atoms with Crippen LogP contribution in [0.25, 0.3) is 0 Å². The Morgan fingerprint density at radius 3 is 2.69 bits per heavy atom. The van der Waals surface area contributed by atoms with E-state index in [1.807, 2.05) is 13.0 Å². The SMILES string of the molecule is C[C@]12C=CC(=O)CC1CC[C@@H]1[C@@H]2[C@@H](O)C[C@@]2(C)[C@H]1CC[C@]2(O)C(=O)CO. The first-order chi connectivity index (χ1) is 12.2. The Labute approximate surface area is 154 Å². The summed E-state index contributed by atoms with van der Waals surface area (Å²) >= 11 is 0. The van der Waals surface area contributed by atoms with E-state index in [1.165, 1.54) is 0 Å². The monoisotopic (exact) mass is 362 g/mol. The first kappa shape index (κ1) is 18.3. The van der Waals surface area contributed by atoms with Gasteiger partial charge in [-0.2, -0.15) is 0 Å². The number of aliphatic hydroxyl groups is 3. The van der Waals surface area contributed by atoms with E-state index in [0.29, 0.717) is 19.3 Å². The molecule has 8 atom stereocenters. The summed E-state index contributed by atoms with van der Waals surface area (Å²) in [4.78, 5) is 24.2. The lowest BCUT2D eigenvalue weighted by molar-refractivity contribution is -0.188. The van der Waals surface area contributed by atoms with Gasteiger partial charge in [0.15, 0.2) is 11.6 Å². The molecule has 3 saturated carbocycles. The van der Waals surface area contributed by atoms with Crippen molar-refractivity contribution in [1.29, 1.82) is 0 Å². The van der Waals surface area contributed by atoms with E-state index in [9.17, 15) is 24.9 Å². The maximum absolute atomic E-state index is 12.4. The third-order valence-electron chi connectivity index (χ3n) is 8.73. The van der Waals surface area contributed by atoms with Crippen LogP contribution in [-0.2, 0) is 9.59 Å². The van der Waals surface area contributed by atoms with E-state index in [-0.39, 0.29) is 34.9 Å². The maximum Gasteiger partial charge on any atom is 0.190 e. The predicted octanol–water partition coefficient (Wildman–Crippen LogP) is 1.64. The molecule has 5 nitrogen and oxygen atoms in total.